The molecule has 98 valence electrons. The number of rotatable bonds is 2. The van der Waals surface area contributed by atoms with Crippen LogP contribution in [0.4, 0.5) is 14.5 Å². The lowest BCUT2D eigenvalue weighted by molar-refractivity contribution is 0.0992. The summed E-state index contributed by atoms with van der Waals surface area (Å²) >= 11 is 3.15. The van der Waals surface area contributed by atoms with Crippen LogP contribution < -0.4 is 4.90 Å². The molecule has 1 amide bonds. The molecule has 2 rings (SSSR count). The zero-order valence-corrected chi connectivity index (χ0v) is 11.6. The van der Waals surface area contributed by atoms with E-state index in [4.69, 9.17) is 0 Å². The number of nitrogens with zero attached hydrogens (tertiary/aromatic N) is 1. The van der Waals surface area contributed by atoms with Crippen molar-refractivity contribution in [3.05, 3.63) is 64.1 Å². The van der Waals surface area contributed by atoms with Gasteiger partial charge in [0.25, 0.3) is 5.91 Å². The first-order chi connectivity index (χ1) is 8.99. The van der Waals surface area contributed by atoms with Gasteiger partial charge in [-0.1, -0.05) is 0 Å². The van der Waals surface area contributed by atoms with E-state index < -0.39 is 5.82 Å². The van der Waals surface area contributed by atoms with Crippen molar-refractivity contribution < 1.29 is 13.6 Å². The van der Waals surface area contributed by atoms with Crippen LogP contribution in [0, 0.1) is 11.6 Å². The van der Waals surface area contributed by atoms with Gasteiger partial charge in [-0.05, 0) is 58.4 Å². The number of hydrogen-bond donors (Lipinski definition) is 0. The fourth-order valence-corrected chi connectivity index (χ4v) is 2.15. The summed E-state index contributed by atoms with van der Waals surface area (Å²) in [6.45, 7) is 0. The Kier molecular flexibility index (Phi) is 3.95. The highest BCUT2D eigenvalue weighted by molar-refractivity contribution is 9.10. The van der Waals surface area contributed by atoms with Crippen LogP contribution in [-0.4, -0.2) is 13.0 Å². The molecule has 0 bridgehead atoms. The van der Waals surface area contributed by atoms with Crippen LogP contribution >= 0.6 is 15.9 Å². The summed E-state index contributed by atoms with van der Waals surface area (Å²) in [5.41, 5.74) is 0.899. The summed E-state index contributed by atoms with van der Waals surface area (Å²) in [4.78, 5) is 13.6. The molecule has 0 aliphatic carbocycles. The molecule has 2 aromatic rings. The first kappa shape index (κ1) is 13.7. The quantitative estimate of drug-likeness (QED) is 0.817. The number of amides is 1. The van der Waals surface area contributed by atoms with Crippen molar-refractivity contribution in [2.24, 2.45) is 0 Å². The second-order valence-electron chi connectivity index (χ2n) is 3.96. The summed E-state index contributed by atoms with van der Waals surface area (Å²) in [5, 5.41) is 0. The Morgan fingerprint density at radius 2 is 1.63 bits per heavy atom. The molecule has 2 aromatic carbocycles. The van der Waals surface area contributed by atoms with Gasteiger partial charge < -0.3 is 4.90 Å². The van der Waals surface area contributed by atoms with Crippen molar-refractivity contribution in [3.8, 4) is 0 Å². The molecule has 0 aliphatic rings. The Labute approximate surface area is 117 Å². The average molecular weight is 326 g/mol. The van der Waals surface area contributed by atoms with E-state index in [1.54, 1.807) is 7.05 Å². The lowest BCUT2D eigenvalue weighted by Crippen LogP contribution is -2.26. The van der Waals surface area contributed by atoms with Crippen LogP contribution in [-0.2, 0) is 0 Å². The molecule has 0 radical (unpaired) electrons. The first-order valence-corrected chi connectivity index (χ1v) is 6.27. The van der Waals surface area contributed by atoms with Gasteiger partial charge in [-0.3, -0.25) is 4.79 Å². The molecule has 0 heterocycles. The van der Waals surface area contributed by atoms with Crippen LogP contribution in [0.1, 0.15) is 10.4 Å². The molecule has 2 nitrogen and oxygen atoms in total. The predicted molar refractivity (Wildman–Crippen MR) is 73.2 cm³/mol. The van der Waals surface area contributed by atoms with E-state index in [0.717, 1.165) is 0 Å². The highest BCUT2D eigenvalue weighted by Gasteiger charge is 2.16. The van der Waals surface area contributed by atoms with Crippen molar-refractivity contribution in [3.63, 3.8) is 0 Å². The lowest BCUT2D eigenvalue weighted by atomic mass is 10.2. The van der Waals surface area contributed by atoms with E-state index in [-0.39, 0.29) is 11.7 Å². The summed E-state index contributed by atoms with van der Waals surface area (Å²) in [6, 6.07) is 9.41. The second kappa shape index (κ2) is 5.48. The van der Waals surface area contributed by atoms with Crippen molar-refractivity contribution in [2.45, 2.75) is 0 Å². The Bertz CT molecular complexity index is 613. The van der Waals surface area contributed by atoms with E-state index in [9.17, 15) is 13.6 Å². The van der Waals surface area contributed by atoms with E-state index in [0.29, 0.717) is 15.7 Å². The van der Waals surface area contributed by atoms with E-state index >= 15 is 0 Å². The van der Waals surface area contributed by atoms with E-state index in [1.807, 2.05) is 0 Å². The fraction of sp³-hybridized carbons (Fsp3) is 0.0714. The smallest absolute Gasteiger partial charge is 0.259 e. The van der Waals surface area contributed by atoms with Gasteiger partial charge in [-0.2, -0.15) is 0 Å². The third-order valence-corrected chi connectivity index (χ3v) is 3.34. The normalized spacial score (nSPS) is 10.3. The molecular weight excluding hydrogens is 316 g/mol. The summed E-state index contributed by atoms with van der Waals surface area (Å²) in [6.07, 6.45) is 0. The van der Waals surface area contributed by atoms with Crippen LogP contribution in [0.15, 0.2) is 46.9 Å². The molecule has 0 fully saturated rings. The van der Waals surface area contributed by atoms with Gasteiger partial charge in [0, 0.05) is 17.2 Å². The number of benzene rings is 2. The summed E-state index contributed by atoms with van der Waals surface area (Å²) in [5.74, 6) is -1.10. The standard InChI is InChI=1S/C14H10BrF2NO/c1-18(11-5-2-9(16)3-6-11)14(19)12-7-4-10(17)8-13(12)15/h2-8H,1H3. The molecular formula is C14H10BrF2NO. The maximum Gasteiger partial charge on any atom is 0.259 e. The topological polar surface area (TPSA) is 20.3 Å². The number of halogens is 3. The van der Waals surface area contributed by atoms with Crippen molar-refractivity contribution in [1.82, 2.24) is 0 Å². The van der Waals surface area contributed by atoms with Crippen LogP contribution in [0.25, 0.3) is 0 Å². The van der Waals surface area contributed by atoms with Gasteiger partial charge in [0.1, 0.15) is 11.6 Å². The average Bonchev–Trinajstić information content (AvgIpc) is 2.38. The Balaban J connectivity index is 2.30. The SMILES string of the molecule is CN(C(=O)c1ccc(F)cc1Br)c1ccc(F)cc1. The fourth-order valence-electron chi connectivity index (χ4n) is 1.63. The van der Waals surface area contributed by atoms with Gasteiger partial charge in [0.15, 0.2) is 0 Å². The Morgan fingerprint density at radius 1 is 1.05 bits per heavy atom. The maximum absolute atomic E-state index is 13.0. The highest BCUT2D eigenvalue weighted by atomic mass is 79.9. The number of hydrogen-bond acceptors (Lipinski definition) is 1. The van der Waals surface area contributed by atoms with Crippen LogP contribution in [0.3, 0.4) is 0 Å². The molecule has 19 heavy (non-hydrogen) atoms. The monoisotopic (exact) mass is 325 g/mol. The van der Waals surface area contributed by atoms with Gasteiger partial charge in [0.05, 0.1) is 5.56 Å². The van der Waals surface area contributed by atoms with Crippen molar-refractivity contribution in [1.29, 1.82) is 0 Å². The van der Waals surface area contributed by atoms with E-state index in [1.165, 1.54) is 47.4 Å². The Hall–Kier alpha value is -1.75. The van der Waals surface area contributed by atoms with Crippen molar-refractivity contribution in [2.75, 3.05) is 11.9 Å². The van der Waals surface area contributed by atoms with Gasteiger partial charge >= 0.3 is 0 Å². The molecule has 0 saturated carbocycles. The molecule has 0 unspecified atom stereocenters. The molecule has 5 heteroatoms. The zero-order valence-electron chi connectivity index (χ0n) is 10.0. The van der Waals surface area contributed by atoms with Crippen molar-refractivity contribution >= 4 is 27.5 Å². The Morgan fingerprint density at radius 3 is 2.21 bits per heavy atom. The summed E-state index contributed by atoms with van der Waals surface area (Å²) < 4.78 is 26.2. The minimum Gasteiger partial charge on any atom is -0.311 e. The molecule has 0 spiro atoms. The minimum absolute atomic E-state index is 0.307. The van der Waals surface area contributed by atoms with E-state index in [2.05, 4.69) is 15.9 Å². The summed E-state index contributed by atoms with van der Waals surface area (Å²) in [7, 11) is 1.57. The third kappa shape index (κ3) is 2.98. The second-order valence-corrected chi connectivity index (χ2v) is 4.82. The number of anilines is 1. The molecule has 0 atom stereocenters. The number of carbonyl (C=O) groups excluding carboxylic acids is 1. The number of carbonyl (C=O) groups is 1. The molecule has 0 N–H and O–H groups in total. The van der Waals surface area contributed by atoms with Gasteiger partial charge in [-0.25, -0.2) is 8.78 Å². The molecule has 0 aliphatic heterocycles. The molecule has 0 saturated heterocycles. The maximum atomic E-state index is 13.0. The van der Waals surface area contributed by atoms with Crippen LogP contribution in [0.5, 0.6) is 0 Å². The first-order valence-electron chi connectivity index (χ1n) is 5.47. The lowest BCUT2D eigenvalue weighted by Gasteiger charge is -2.18. The molecule has 0 aromatic heterocycles. The largest absolute Gasteiger partial charge is 0.311 e. The predicted octanol–water partition coefficient (Wildman–Crippen LogP) is 4.00. The third-order valence-electron chi connectivity index (χ3n) is 2.68. The van der Waals surface area contributed by atoms with Crippen LogP contribution in [0.2, 0.25) is 0 Å². The highest BCUT2D eigenvalue weighted by Crippen LogP contribution is 2.22. The minimum atomic E-state index is -0.423. The van der Waals surface area contributed by atoms with Gasteiger partial charge in [-0.15, -0.1) is 0 Å². The zero-order chi connectivity index (χ0) is 14.0. The van der Waals surface area contributed by atoms with Gasteiger partial charge in [0.2, 0.25) is 0 Å².